The summed E-state index contributed by atoms with van der Waals surface area (Å²) in [6, 6.07) is 21.0. The largest absolute Gasteiger partial charge is 0.480 e. The molecule has 5 heteroatoms. The molecule has 1 heterocycles. The van der Waals surface area contributed by atoms with E-state index in [4.69, 9.17) is 9.47 Å². The fourth-order valence-corrected chi connectivity index (χ4v) is 3.55. The van der Waals surface area contributed by atoms with Crippen LogP contribution in [0.4, 0.5) is 0 Å². The second-order valence-electron chi connectivity index (χ2n) is 6.75. The number of carbonyl (C=O) groups excluding carboxylic acids is 2. The maximum atomic E-state index is 13.3. The van der Waals surface area contributed by atoms with E-state index in [-0.39, 0.29) is 5.91 Å². The van der Waals surface area contributed by atoms with Crippen molar-refractivity contribution < 1.29 is 19.1 Å². The topological polar surface area (TPSA) is 57.5 Å². The van der Waals surface area contributed by atoms with Crippen LogP contribution in [0.5, 0.6) is 5.75 Å². The molecular weight excluding hydrogens is 366 g/mol. The molecule has 1 atom stereocenters. The highest BCUT2D eigenvalue weighted by Gasteiger charge is 2.25. The van der Waals surface area contributed by atoms with E-state index >= 15 is 0 Å². The molecular formula is C24H21NO4. The Labute approximate surface area is 168 Å². The monoisotopic (exact) mass is 387 g/mol. The van der Waals surface area contributed by atoms with Gasteiger partial charge in [-0.25, -0.2) is 4.79 Å². The van der Waals surface area contributed by atoms with Crippen LogP contribution in [0.2, 0.25) is 0 Å². The minimum atomic E-state index is -0.692. The second kappa shape index (κ2) is 7.80. The van der Waals surface area contributed by atoms with Crippen LogP contribution in [0.25, 0.3) is 21.7 Å². The minimum Gasteiger partial charge on any atom is -0.480 e. The summed E-state index contributed by atoms with van der Waals surface area (Å²) in [5.41, 5.74) is 1.01. The van der Waals surface area contributed by atoms with Gasteiger partial charge in [-0.3, -0.25) is 9.36 Å². The van der Waals surface area contributed by atoms with Crippen molar-refractivity contribution in [1.29, 1.82) is 0 Å². The second-order valence-corrected chi connectivity index (χ2v) is 6.75. The molecule has 0 N–H and O–H groups in total. The number of methoxy groups -OCH3 is 1. The van der Waals surface area contributed by atoms with Crippen LogP contribution < -0.4 is 4.74 Å². The van der Waals surface area contributed by atoms with E-state index in [1.165, 1.54) is 17.9 Å². The summed E-state index contributed by atoms with van der Waals surface area (Å²) >= 11 is 0. The van der Waals surface area contributed by atoms with Gasteiger partial charge in [-0.2, -0.15) is 0 Å². The van der Waals surface area contributed by atoms with Gasteiger partial charge in [0.15, 0.2) is 6.10 Å². The molecule has 0 aliphatic rings. The van der Waals surface area contributed by atoms with Crippen LogP contribution in [0.3, 0.4) is 0 Å². The highest BCUT2D eigenvalue weighted by Crippen LogP contribution is 2.28. The summed E-state index contributed by atoms with van der Waals surface area (Å²) in [6.45, 7) is 1.90. The first-order valence-electron chi connectivity index (χ1n) is 9.51. The lowest BCUT2D eigenvalue weighted by Gasteiger charge is -2.18. The van der Waals surface area contributed by atoms with Crippen LogP contribution in [0.15, 0.2) is 72.9 Å². The summed E-state index contributed by atoms with van der Waals surface area (Å²) < 4.78 is 12.5. The number of fused-ring (bicyclic) bond motifs is 2. The van der Waals surface area contributed by atoms with Gasteiger partial charge in [0.25, 0.3) is 5.91 Å². The third kappa shape index (κ3) is 3.36. The molecule has 1 aromatic heterocycles. The van der Waals surface area contributed by atoms with Crippen LogP contribution in [-0.2, 0) is 4.74 Å². The van der Waals surface area contributed by atoms with E-state index in [0.29, 0.717) is 28.6 Å². The number of para-hydroxylation sites is 1. The number of nitrogens with zero attached hydrogens (tertiary/aromatic N) is 1. The Morgan fingerprint density at radius 3 is 2.38 bits per heavy atom. The molecule has 0 aliphatic carbocycles. The van der Waals surface area contributed by atoms with E-state index in [9.17, 15) is 9.59 Å². The number of benzene rings is 3. The van der Waals surface area contributed by atoms with Crippen LogP contribution >= 0.6 is 0 Å². The van der Waals surface area contributed by atoms with Gasteiger partial charge >= 0.3 is 5.97 Å². The van der Waals surface area contributed by atoms with Gasteiger partial charge in [-0.15, -0.1) is 0 Å². The molecule has 0 saturated carbocycles. The van der Waals surface area contributed by atoms with Crippen molar-refractivity contribution in [3.8, 4) is 5.75 Å². The van der Waals surface area contributed by atoms with Gasteiger partial charge in [0.2, 0.25) is 0 Å². The van der Waals surface area contributed by atoms with Crippen molar-refractivity contribution in [2.75, 3.05) is 7.11 Å². The van der Waals surface area contributed by atoms with E-state index < -0.39 is 12.1 Å². The first kappa shape index (κ1) is 18.7. The molecule has 4 aromatic rings. The molecule has 5 nitrogen and oxygen atoms in total. The third-order valence-corrected chi connectivity index (χ3v) is 5.02. The normalized spacial score (nSPS) is 12.1. The maximum absolute atomic E-state index is 13.3. The molecule has 0 radical (unpaired) electrons. The zero-order valence-corrected chi connectivity index (χ0v) is 16.3. The number of esters is 1. The Bertz CT molecular complexity index is 1200. The van der Waals surface area contributed by atoms with Crippen molar-refractivity contribution in [3.63, 3.8) is 0 Å². The van der Waals surface area contributed by atoms with E-state index in [1.54, 1.807) is 6.07 Å². The Hall–Kier alpha value is -3.60. The van der Waals surface area contributed by atoms with Crippen LogP contribution in [0.1, 0.15) is 28.5 Å². The average molecular weight is 387 g/mol. The molecule has 29 heavy (non-hydrogen) atoms. The highest BCUT2D eigenvalue weighted by molar-refractivity contribution is 6.07. The molecule has 3 aromatic carbocycles. The van der Waals surface area contributed by atoms with E-state index in [2.05, 4.69) is 0 Å². The Morgan fingerprint density at radius 2 is 1.62 bits per heavy atom. The first-order chi connectivity index (χ1) is 14.1. The Morgan fingerprint density at radius 1 is 0.931 bits per heavy atom. The van der Waals surface area contributed by atoms with E-state index in [0.717, 1.165) is 10.8 Å². The average Bonchev–Trinajstić information content (AvgIpc) is 3.16. The van der Waals surface area contributed by atoms with Gasteiger partial charge in [0.05, 0.1) is 18.2 Å². The zero-order chi connectivity index (χ0) is 20.4. The van der Waals surface area contributed by atoms with Gasteiger partial charge in [-0.05, 0) is 23.9 Å². The number of rotatable bonds is 5. The predicted molar refractivity (Wildman–Crippen MR) is 113 cm³/mol. The molecule has 0 fully saturated rings. The highest BCUT2D eigenvalue weighted by atomic mass is 16.5. The first-order valence-corrected chi connectivity index (χ1v) is 9.51. The third-order valence-electron chi connectivity index (χ3n) is 5.02. The SMILES string of the molecule is CC[C@@H](Oc1cccc2ccccc12)C(=O)n1cc(C(=O)OC)c2ccccc21. The smallest absolute Gasteiger partial charge is 0.340 e. The zero-order valence-electron chi connectivity index (χ0n) is 16.3. The molecule has 0 bridgehead atoms. The number of hydrogen-bond acceptors (Lipinski definition) is 4. The molecule has 0 saturated heterocycles. The quantitative estimate of drug-likeness (QED) is 0.448. The number of ether oxygens (including phenoxy) is 2. The summed E-state index contributed by atoms with van der Waals surface area (Å²) in [4.78, 5) is 25.5. The van der Waals surface area contributed by atoms with Crippen molar-refractivity contribution in [2.24, 2.45) is 0 Å². The van der Waals surface area contributed by atoms with Gasteiger partial charge in [0.1, 0.15) is 5.75 Å². The summed E-state index contributed by atoms with van der Waals surface area (Å²) in [6.07, 6.45) is 1.33. The molecule has 0 spiro atoms. The number of hydrogen-bond donors (Lipinski definition) is 0. The van der Waals surface area contributed by atoms with Gasteiger partial charge in [-0.1, -0.05) is 61.5 Å². The molecule has 146 valence electrons. The molecule has 4 rings (SSSR count). The predicted octanol–water partition coefficient (Wildman–Crippen LogP) is 5.08. The van der Waals surface area contributed by atoms with Gasteiger partial charge < -0.3 is 9.47 Å². The van der Waals surface area contributed by atoms with Crippen LogP contribution in [0, 0.1) is 0 Å². The fraction of sp³-hybridized carbons (Fsp3) is 0.167. The lowest BCUT2D eigenvalue weighted by atomic mass is 10.1. The number of carbonyl (C=O) groups is 2. The van der Waals surface area contributed by atoms with Crippen molar-refractivity contribution in [3.05, 3.63) is 78.5 Å². The standard InChI is InChI=1S/C24H21NO4/c1-3-21(29-22-14-8-10-16-9-4-5-11-17(16)22)23(26)25-15-19(24(27)28-2)18-12-6-7-13-20(18)25/h4-15,21H,3H2,1-2H3/t21-/m1/s1. The van der Waals surface area contributed by atoms with Crippen molar-refractivity contribution in [1.82, 2.24) is 4.57 Å². The van der Waals surface area contributed by atoms with Crippen molar-refractivity contribution >= 4 is 33.6 Å². The fourth-order valence-electron chi connectivity index (χ4n) is 3.55. The van der Waals surface area contributed by atoms with Crippen LogP contribution in [-0.4, -0.2) is 29.7 Å². The Kier molecular flexibility index (Phi) is 5.04. The summed E-state index contributed by atoms with van der Waals surface area (Å²) in [5.74, 6) is -0.0458. The van der Waals surface area contributed by atoms with Gasteiger partial charge in [0, 0.05) is 17.0 Å². The lowest BCUT2D eigenvalue weighted by Crippen LogP contribution is -2.31. The lowest BCUT2D eigenvalue weighted by molar-refractivity contribution is 0.0602. The molecule has 0 aliphatic heterocycles. The molecule has 0 unspecified atom stereocenters. The minimum absolute atomic E-state index is 0.230. The number of aromatic nitrogens is 1. The maximum Gasteiger partial charge on any atom is 0.340 e. The summed E-state index contributed by atoms with van der Waals surface area (Å²) in [7, 11) is 1.33. The molecule has 0 amide bonds. The summed E-state index contributed by atoms with van der Waals surface area (Å²) in [5, 5.41) is 2.67. The van der Waals surface area contributed by atoms with E-state index in [1.807, 2.05) is 67.6 Å². The van der Waals surface area contributed by atoms with Crippen molar-refractivity contribution in [2.45, 2.75) is 19.4 Å². The Balaban J connectivity index is 1.74.